The molecule has 3 nitrogen and oxygen atoms in total. The van der Waals surface area contributed by atoms with Crippen LogP contribution in [0, 0.1) is 11.7 Å². The number of aromatic amines is 1. The zero-order valence-corrected chi connectivity index (χ0v) is 13.0. The third kappa shape index (κ3) is 2.35. The Morgan fingerprint density at radius 1 is 1.30 bits per heavy atom. The fourth-order valence-electron chi connectivity index (χ4n) is 2.14. The number of nitrogens with one attached hydrogen (secondary N) is 1. The molecule has 3 rings (SSSR count). The Balaban J connectivity index is 2.17. The highest BCUT2D eigenvalue weighted by molar-refractivity contribution is 7.71. The molecular formula is C14H11Cl2N3S. The van der Waals surface area contributed by atoms with Crippen LogP contribution in [0.5, 0.6) is 0 Å². The van der Waals surface area contributed by atoms with Crippen LogP contribution in [-0.2, 0) is 6.54 Å². The average molecular weight is 324 g/mol. The number of aromatic nitrogens is 3. The van der Waals surface area contributed by atoms with Gasteiger partial charge in [0.25, 0.3) is 0 Å². The smallest absolute Gasteiger partial charge is 0.178 e. The van der Waals surface area contributed by atoms with Gasteiger partial charge in [-0.25, -0.2) is 0 Å². The molecule has 0 atom stereocenters. The second-order valence-electron chi connectivity index (χ2n) is 4.57. The molecule has 0 saturated carbocycles. The average Bonchev–Trinajstić information content (AvgIpc) is 2.69. The number of hydrogen-bond donors (Lipinski definition) is 1. The fraction of sp³-hybridized carbons (Fsp3) is 0.143. The van der Waals surface area contributed by atoms with Crippen molar-refractivity contribution in [2.45, 2.75) is 13.5 Å². The normalized spacial score (nSPS) is 11.2. The molecule has 0 spiro atoms. The van der Waals surface area contributed by atoms with Gasteiger partial charge in [-0.1, -0.05) is 29.3 Å². The van der Waals surface area contributed by atoms with E-state index >= 15 is 0 Å². The predicted molar refractivity (Wildman–Crippen MR) is 85.2 cm³/mol. The molecule has 0 amide bonds. The third-order valence-electron chi connectivity index (χ3n) is 3.24. The van der Waals surface area contributed by atoms with Gasteiger partial charge in [0, 0.05) is 6.20 Å². The number of pyridine rings is 1. The van der Waals surface area contributed by atoms with E-state index in [-0.39, 0.29) is 0 Å². The summed E-state index contributed by atoms with van der Waals surface area (Å²) < 4.78 is 2.60. The summed E-state index contributed by atoms with van der Waals surface area (Å²) >= 11 is 17.5. The van der Waals surface area contributed by atoms with Gasteiger partial charge in [-0.05, 0) is 42.9 Å². The molecule has 0 unspecified atom stereocenters. The molecule has 0 bridgehead atoms. The van der Waals surface area contributed by atoms with Crippen LogP contribution < -0.4 is 0 Å². The van der Waals surface area contributed by atoms with Crippen molar-refractivity contribution < 1.29 is 0 Å². The van der Waals surface area contributed by atoms with E-state index in [0.717, 1.165) is 22.3 Å². The highest BCUT2D eigenvalue weighted by Crippen LogP contribution is 2.28. The molecule has 102 valence electrons. The summed E-state index contributed by atoms with van der Waals surface area (Å²) in [4.78, 5) is 7.54. The molecule has 20 heavy (non-hydrogen) atoms. The van der Waals surface area contributed by atoms with Crippen LogP contribution in [0.3, 0.4) is 0 Å². The minimum atomic E-state index is 0.511. The zero-order chi connectivity index (χ0) is 14.3. The highest BCUT2D eigenvalue weighted by atomic mass is 35.5. The van der Waals surface area contributed by atoms with Crippen LogP contribution in [0.1, 0.15) is 11.3 Å². The summed E-state index contributed by atoms with van der Waals surface area (Å²) in [5.74, 6) is 0. The summed E-state index contributed by atoms with van der Waals surface area (Å²) in [6.45, 7) is 2.63. The van der Waals surface area contributed by atoms with E-state index in [9.17, 15) is 0 Å². The molecule has 0 aliphatic heterocycles. The van der Waals surface area contributed by atoms with Crippen LogP contribution in [0.4, 0.5) is 0 Å². The van der Waals surface area contributed by atoms with Crippen molar-refractivity contribution in [2.24, 2.45) is 0 Å². The number of benzene rings is 1. The summed E-state index contributed by atoms with van der Waals surface area (Å²) in [6.07, 6.45) is 1.78. The van der Waals surface area contributed by atoms with Gasteiger partial charge in [-0.2, -0.15) is 0 Å². The van der Waals surface area contributed by atoms with Crippen LogP contribution in [-0.4, -0.2) is 14.5 Å². The second kappa shape index (κ2) is 5.20. The van der Waals surface area contributed by atoms with Crippen LogP contribution in [0.25, 0.3) is 11.0 Å². The maximum absolute atomic E-state index is 6.09. The van der Waals surface area contributed by atoms with Gasteiger partial charge in [0.1, 0.15) is 0 Å². The summed E-state index contributed by atoms with van der Waals surface area (Å²) in [5.41, 5.74) is 3.91. The summed E-state index contributed by atoms with van der Waals surface area (Å²) in [5, 5.41) is 1.02. The van der Waals surface area contributed by atoms with Crippen molar-refractivity contribution in [1.29, 1.82) is 0 Å². The molecule has 2 heterocycles. The molecule has 1 aromatic carbocycles. The molecule has 0 fully saturated rings. The number of nitrogens with zero attached hydrogens (tertiary/aromatic N) is 2. The number of fused-ring (bicyclic) bond motifs is 1. The molecule has 0 saturated heterocycles. The molecule has 6 heteroatoms. The molecule has 1 N–H and O–H groups in total. The lowest BCUT2D eigenvalue weighted by Gasteiger charge is -2.07. The van der Waals surface area contributed by atoms with Crippen LogP contribution in [0.15, 0.2) is 30.5 Å². The number of hydrogen-bond acceptors (Lipinski definition) is 2. The van der Waals surface area contributed by atoms with E-state index in [1.54, 1.807) is 12.3 Å². The van der Waals surface area contributed by atoms with E-state index < -0.39 is 0 Å². The first-order valence-corrected chi connectivity index (χ1v) is 7.21. The Morgan fingerprint density at radius 3 is 2.80 bits per heavy atom. The Labute approximate surface area is 131 Å². The molecule has 2 aromatic heterocycles. The first kappa shape index (κ1) is 13.6. The van der Waals surface area contributed by atoms with E-state index in [2.05, 4.69) is 9.97 Å². The van der Waals surface area contributed by atoms with Crippen LogP contribution >= 0.6 is 35.4 Å². The lowest BCUT2D eigenvalue weighted by atomic mass is 10.2. The van der Waals surface area contributed by atoms with Gasteiger partial charge in [0.15, 0.2) is 4.77 Å². The first-order chi connectivity index (χ1) is 9.56. The van der Waals surface area contributed by atoms with Gasteiger partial charge in [0.05, 0.1) is 33.3 Å². The molecule has 3 aromatic rings. The van der Waals surface area contributed by atoms with E-state index in [4.69, 9.17) is 35.4 Å². The zero-order valence-electron chi connectivity index (χ0n) is 10.7. The number of H-pyrrole nitrogens is 1. The van der Waals surface area contributed by atoms with E-state index in [1.165, 1.54) is 0 Å². The number of imidazole rings is 1. The van der Waals surface area contributed by atoms with Crippen molar-refractivity contribution in [2.75, 3.05) is 0 Å². The second-order valence-corrected chi connectivity index (χ2v) is 5.77. The topological polar surface area (TPSA) is 33.6 Å². The van der Waals surface area contributed by atoms with E-state index in [0.29, 0.717) is 21.4 Å². The Hall–Kier alpha value is -1.36. The molecule has 0 aliphatic rings. The predicted octanol–water partition coefficient (Wildman–Crippen LogP) is 4.76. The number of aryl methyl sites for hydroxylation is 1. The Morgan fingerprint density at radius 2 is 2.05 bits per heavy atom. The van der Waals surface area contributed by atoms with Crippen molar-refractivity contribution in [3.05, 3.63) is 56.5 Å². The Kier molecular flexibility index (Phi) is 3.54. The Bertz CT molecular complexity index is 851. The first-order valence-electron chi connectivity index (χ1n) is 6.04. The maximum atomic E-state index is 6.09. The van der Waals surface area contributed by atoms with E-state index in [1.807, 2.05) is 29.7 Å². The maximum Gasteiger partial charge on any atom is 0.178 e. The van der Waals surface area contributed by atoms with Gasteiger partial charge in [-0.3, -0.25) is 4.98 Å². The minimum absolute atomic E-state index is 0.511. The number of halogens is 2. The van der Waals surface area contributed by atoms with Gasteiger partial charge >= 0.3 is 0 Å². The quantitative estimate of drug-likeness (QED) is 0.690. The van der Waals surface area contributed by atoms with Crippen molar-refractivity contribution >= 4 is 46.5 Å². The lowest BCUT2D eigenvalue weighted by molar-refractivity contribution is 0.778. The monoisotopic (exact) mass is 323 g/mol. The number of rotatable bonds is 2. The van der Waals surface area contributed by atoms with Gasteiger partial charge < -0.3 is 9.55 Å². The van der Waals surface area contributed by atoms with Crippen LogP contribution in [0.2, 0.25) is 10.0 Å². The largest absolute Gasteiger partial charge is 0.331 e. The summed E-state index contributed by atoms with van der Waals surface area (Å²) in [6, 6.07) is 7.56. The SMILES string of the molecule is Cc1cccnc1Cn1c(=S)[nH]c2cc(Cl)c(Cl)cc21. The van der Waals surface area contributed by atoms with Crippen molar-refractivity contribution in [3.63, 3.8) is 0 Å². The third-order valence-corrected chi connectivity index (χ3v) is 4.29. The molecule has 0 radical (unpaired) electrons. The van der Waals surface area contributed by atoms with Gasteiger partial charge in [0.2, 0.25) is 0 Å². The summed E-state index contributed by atoms with van der Waals surface area (Å²) in [7, 11) is 0. The van der Waals surface area contributed by atoms with Gasteiger partial charge in [-0.15, -0.1) is 0 Å². The van der Waals surface area contributed by atoms with Crippen molar-refractivity contribution in [3.8, 4) is 0 Å². The fourth-order valence-corrected chi connectivity index (χ4v) is 2.74. The standard InChI is InChI=1S/C14H11Cl2N3S/c1-8-3-2-4-17-12(8)7-19-13-6-10(16)9(15)5-11(13)18-14(19)20/h2-6H,7H2,1H3,(H,18,20). The molecule has 0 aliphatic carbocycles. The highest BCUT2D eigenvalue weighted by Gasteiger charge is 2.10. The lowest BCUT2D eigenvalue weighted by Crippen LogP contribution is -2.03. The minimum Gasteiger partial charge on any atom is -0.331 e. The van der Waals surface area contributed by atoms with Crippen molar-refractivity contribution in [1.82, 2.24) is 14.5 Å². The molecular weight excluding hydrogens is 313 g/mol.